The number of nitrogens with zero attached hydrogens (tertiary/aromatic N) is 3. The molecule has 0 aliphatic heterocycles. The second-order valence-electron chi connectivity index (χ2n) is 3.86. The Bertz CT molecular complexity index is 359. The summed E-state index contributed by atoms with van der Waals surface area (Å²) in [4.78, 5) is 4.27. The van der Waals surface area contributed by atoms with E-state index in [-0.39, 0.29) is 24.0 Å². The average Bonchev–Trinajstić information content (AvgIpc) is 2.58. The van der Waals surface area contributed by atoms with Crippen LogP contribution in [0.2, 0.25) is 0 Å². The van der Waals surface area contributed by atoms with Crippen molar-refractivity contribution < 1.29 is 0 Å². The molecule has 0 bridgehead atoms. The summed E-state index contributed by atoms with van der Waals surface area (Å²) in [5, 5.41) is 7.24. The fourth-order valence-electron chi connectivity index (χ4n) is 1.32. The number of aromatic nitrogens is 2. The molecule has 17 heavy (non-hydrogen) atoms. The van der Waals surface area contributed by atoms with Crippen molar-refractivity contribution in [1.82, 2.24) is 15.1 Å². The Balaban J connectivity index is 0.00000256. The Morgan fingerprint density at radius 2 is 2.29 bits per heavy atom. The van der Waals surface area contributed by atoms with Crippen molar-refractivity contribution in [3.8, 4) is 0 Å². The third kappa shape index (κ3) is 5.38. The van der Waals surface area contributed by atoms with Crippen molar-refractivity contribution in [2.75, 3.05) is 6.54 Å². The lowest BCUT2D eigenvalue weighted by molar-refractivity contribution is 0.736. The topological polar surface area (TPSA) is 68.2 Å². The largest absolute Gasteiger partial charge is 0.370 e. The smallest absolute Gasteiger partial charge is 0.188 e. The molecular weight excluding hydrogens is 329 g/mol. The fourth-order valence-corrected chi connectivity index (χ4v) is 1.32. The molecule has 0 amide bonds. The van der Waals surface area contributed by atoms with Crippen LogP contribution in [0.3, 0.4) is 0 Å². The highest BCUT2D eigenvalue weighted by molar-refractivity contribution is 14.0. The van der Waals surface area contributed by atoms with Crippen LogP contribution in [-0.4, -0.2) is 22.3 Å². The number of aryl methyl sites for hydroxylation is 1. The molecule has 1 heterocycles. The van der Waals surface area contributed by atoms with Crippen molar-refractivity contribution >= 4 is 29.9 Å². The number of halogens is 1. The van der Waals surface area contributed by atoms with Gasteiger partial charge in [-0.3, -0.25) is 4.68 Å². The molecule has 0 aliphatic carbocycles. The van der Waals surface area contributed by atoms with Crippen LogP contribution < -0.4 is 11.1 Å². The van der Waals surface area contributed by atoms with Crippen molar-refractivity contribution in [3.63, 3.8) is 0 Å². The maximum absolute atomic E-state index is 5.73. The zero-order valence-electron chi connectivity index (χ0n) is 10.7. The number of hydrogen-bond donors (Lipinski definition) is 2. The quantitative estimate of drug-likeness (QED) is 0.366. The van der Waals surface area contributed by atoms with Gasteiger partial charge in [-0.05, 0) is 13.3 Å². The van der Waals surface area contributed by atoms with Gasteiger partial charge in [0.2, 0.25) is 0 Å². The SMILES string of the molecule is CCCCNC(N)=NCc1cnn(C)c1C.I. The lowest BCUT2D eigenvalue weighted by Crippen LogP contribution is -2.32. The van der Waals surface area contributed by atoms with Crippen LogP contribution in [0.5, 0.6) is 0 Å². The Morgan fingerprint density at radius 3 is 2.82 bits per heavy atom. The summed E-state index contributed by atoms with van der Waals surface area (Å²) >= 11 is 0. The predicted molar refractivity (Wildman–Crippen MR) is 81.6 cm³/mol. The molecule has 0 saturated heterocycles. The van der Waals surface area contributed by atoms with E-state index in [2.05, 4.69) is 22.3 Å². The first-order chi connectivity index (χ1) is 7.65. The van der Waals surface area contributed by atoms with Gasteiger partial charge in [-0.25, -0.2) is 4.99 Å². The van der Waals surface area contributed by atoms with Crippen LogP contribution >= 0.6 is 24.0 Å². The number of guanidine groups is 1. The van der Waals surface area contributed by atoms with Gasteiger partial charge in [-0.15, -0.1) is 24.0 Å². The Kier molecular flexibility index (Phi) is 7.94. The van der Waals surface area contributed by atoms with Crippen molar-refractivity contribution in [1.29, 1.82) is 0 Å². The van der Waals surface area contributed by atoms with Gasteiger partial charge in [0.1, 0.15) is 0 Å². The van der Waals surface area contributed by atoms with E-state index in [1.54, 1.807) is 0 Å². The average molecular weight is 351 g/mol. The van der Waals surface area contributed by atoms with E-state index < -0.39 is 0 Å². The maximum Gasteiger partial charge on any atom is 0.188 e. The van der Waals surface area contributed by atoms with E-state index >= 15 is 0 Å². The zero-order valence-corrected chi connectivity index (χ0v) is 13.1. The van der Waals surface area contributed by atoms with Gasteiger partial charge in [0.25, 0.3) is 0 Å². The van der Waals surface area contributed by atoms with E-state index in [9.17, 15) is 0 Å². The van der Waals surface area contributed by atoms with Gasteiger partial charge < -0.3 is 11.1 Å². The highest BCUT2D eigenvalue weighted by atomic mass is 127. The molecule has 0 fully saturated rings. The molecule has 1 aromatic heterocycles. The van der Waals surface area contributed by atoms with Gasteiger partial charge >= 0.3 is 0 Å². The summed E-state index contributed by atoms with van der Waals surface area (Å²) in [6, 6.07) is 0. The molecule has 0 aromatic carbocycles. The molecule has 0 unspecified atom stereocenters. The maximum atomic E-state index is 5.73. The lowest BCUT2D eigenvalue weighted by atomic mass is 10.3. The molecule has 3 N–H and O–H groups in total. The summed E-state index contributed by atoms with van der Waals surface area (Å²) < 4.78 is 1.84. The number of unbranched alkanes of at least 4 members (excludes halogenated alkanes) is 1. The third-order valence-corrected chi connectivity index (χ3v) is 2.59. The summed E-state index contributed by atoms with van der Waals surface area (Å²) in [6.07, 6.45) is 4.10. The van der Waals surface area contributed by atoms with Crippen LogP contribution in [0, 0.1) is 6.92 Å². The van der Waals surface area contributed by atoms with Gasteiger partial charge in [-0.2, -0.15) is 5.10 Å². The van der Waals surface area contributed by atoms with Crippen molar-refractivity contribution in [2.45, 2.75) is 33.2 Å². The number of nitrogens with one attached hydrogen (secondary N) is 1. The van der Waals surface area contributed by atoms with Gasteiger partial charge in [0.05, 0.1) is 12.7 Å². The zero-order chi connectivity index (χ0) is 12.0. The molecule has 1 aromatic rings. The van der Waals surface area contributed by atoms with E-state index in [4.69, 9.17) is 5.73 Å². The number of hydrogen-bond acceptors (Lipinski definition) is 2. The van der Waals surface area contributed by atoms with E-state index in [0.29, 0.717) is 12.5 Å². The minimum atomic E-state index is 0. The third-order valence-electron chi connectivity index (χ3n) is 2.59. The normalized spacial score (nSPS) is 11.1. The Hall–Kier alpha value is -0.790. The minimum Gasteiger partial charge on any atom is -0.370 e. The minimum absolute atomic E-state index is 0. The van der Waals surface area contributed by atoms with Crippen LogP contribution in [0.25, 0.3) is 0 Å². The standard InChI is InChI=1S/C11H21N5.HI/c1-4-5-6-13-11(12)14-7-10-8-15-16(3)9(10)2;/h8H,4-7H2,1-3H3,(H3,12,13,14);1H. The Labute approximate surface area is 120 Å². The monoisotopic (exact) mass is 351 g/mol. The molecule has 0 spiro atoms. The number of aliphatic imine (C=N–C) groups is 1. The van der Waals surface area contributed by atoms with Gasteiger partial charge in [0, 0.05) is 24.8 Å². The molecule has 98 valence electrons. The first-order valence-corrected chi connectivity index (χ1v) is 5.66. The van der Waals surface area contributed by atoms with Crippen LogP contribution in [0.15, 0.2) is 11.2 Å². The fraction of sp³-hybridized carbons (Fsp3) is 0.636. The second kappa shape index (κ2) is 8.32. The van der Waals surface area contributed by atoms with Crippen LogP contribution in [-0.2, 0) is 13.6 Å². The van der Waals surface area contributed by atoms with E-state index in [1.807, 2.05) is 24.9 Å². The number of rotatable bonds is 5. The molecule has 0 radical (unpaired) electrons. The molecular formula is C11H22IN5. The summed E-state index contributed by atoms with van der Waals surface area (Å²) in [7, 11) is 1.92. The first-order valence-electron chi connectivity index (χ1n) is 5.66. The van der Waals surface area contributed by atoms with Crippen LogP contribution in [0.1, 0.15) is 31.0 Å². The van der Waals surface area contributed by atoms with Gasteiger partial charge in [0.15, 0.2) is 5.96 Å². The number of nitrogens with two attached hydrogens (primary N) is 1. The molecule has 5 nitrogen and oxygen atoms in total. The highest BCUT2D eigenvalue weighted by Gasteiger charge is 2.02. The first kappa shape index (κ1) is 16.2. The molecule has 0 atom stereocenters. The van der Waals surface area contributed by atoms with Gasteiger partial charge in [-0.1, -0.05) is 13.3 Å². The molecule has 0 aliphatic rings. The highest BCUT2D eigenvalue weighted by Crippen LogP contribution is 2.06. The van der Waals surface area contributed by atoms with Crippen molar-refractivity contribution in [2.24, 2.45) is 17.8 Å². The van der Waals surface area contributed by atoms with E-state index in [1.165, 1.54) is 0 Å². The molecule has 0 saturated carbocycles. The predicted octanol–water partition coefficient (Wildman–Crippen LogP) is 1.55. The summed E-state index contributed by atoms with van der Waals surface area (Å²) in [6.45, 7) is 5.65. The van der Waals surface area contributed by atoms with Crippen LogP contribution in [0.4, 0.5) is 0 Å². The molecule has 1 rings (SSSR count). The summed E-state index contributed by atoms with van der Waals surface area (Å²) in [5.74, 6) is 0.511. The molecule has 6 heteroatoms. The summed E-state index contributed by atoms with van der Waals surface area (Å²) in [5.41, 5.74) is 7.97. The van der Waals surface area contributed by atoms with Crippen molar-refractivity contribution in [3.05, 3.63) is 17.5 Å². The lowest BCUT2D eigenvalue weighted by Gasteiger charge is -2.04. The Morgan fingerprint density at radius 1 is 1.59 bits per heavy atom. The second-order valence-corrected chi connectivity index (χ2v) is 3.86. The van der Waals surface area contributed by atoms with E-state index in [0.717, 1.165) is 30.6 Å².